The molecule has 182 valence electrons. The Kier molecular flexibility index (Phi) is 4.46. The number of anilines is 2. The van der Waals surface area contributed by atoms with Crippen LogP contribution in [0.3, 0.4) is 0 Å². The number of carbonyl (C=O) groups excluding carboxylic acids is 3. The third kappa shape index (κ3) is 2.73. The number of benzene rings is 1. The first kappa shape index (κ1) is 21.8. The van der Waals surface area contributed by atoms with Gasteiger partial charge in [-0.15, -0.1) is 0 Å². The summed E-state index contributed by atoms with van der Waals surface area (Å²) in [4.78, 5) is 57.2. The minimum atomic E-state index is -1.64. The number of hydrogen-bond donors (Lipinski definition) is 1. The average Bonchev–Trinajstić information content (AvgIpc) is 2.85. The molecular formula is C24H24N5O6-. The average molecular weight is 478 g/mol. The summed E-state index contributed by atoms with van der Waals surface area (Å²) in [6, 6.07) is 8.44. The lowest BCUT2D eigenvalue weighted by Gasteiger charge is -2.59. The first-order valence-electron chi connectivity index (χ1n) is 11.5. The van der Waals surface area contributed by atoms with E-state index in [2.05, 4.69) is 0 Å². The summed E-state index contributed by atoms with van der Waals surface area (Å²) in [6.45, 7) is 1.03. The zero-order chi connectivity index (χ0) is 24.8. The first-order valence-corrected chi connectivity index (χ1v) is 11.5. The molecule has 5 heterocycles. The van der Waals surface area contributed by atoms with Gasteiger partial charge in [0.05, 0.1) is 11.7 Å². The zero-order valence-corrected chi connectivity index (χ0v) is 19.2. The molecule has 0 saturated carbocycles. The van der Waals surface area contributed by atoms with Gasteiger partial charge in [-0.25, -0.2) is 4.79 Å². The molecule has 1 aromatic heterocycles. The van der Waals surface area contributed by atoms with Crippen LogP contribution in [-0.2, 0) is 22.6 Å². The number of nitrogens with zero attached hydrogens (tertiary/aromatic N) is 5. The van der Waals surface area contributed by atoms with Gasteiger partial charge in [0.2, 0.25) is 11.8 Å². The van der Waals surface area contributed by atoms with Crippen molar-refractivity contribution in [3.8, 4) is 0 Å². The number of piperidine rings is 1. The van der Waals surface area contributed by atoms with Gasteiger partial charge in [-0.05, 0) is 48.6 Å². The molecule has 2 fully saturated rings. The highest BCUT2D eigenvalue weighted by Crippen LogP contribution is 2.55. The molecule has 3 unspecified atom stereocenters. The minimum absolute atomic E-state index is 0.0139. The molecule has 11 nitrogen and oxygen atoms in total. The highest BCUT2D eigenvalue weighted by molar-refractivity contribution is 6.20. The van der Waals surface area contributed by atoms with Crippen molar-refractivity contribution in [2.45, 2.75) is 31.3 Å². The smallest absolute Gasteiger partial charge is 0.332 e. The van der Waals surface area contributed by atoms with Gasteiger partial charge in [0.15, 0.2) is 5.41 Å². The number of imide groups is 2. The van der Waals surface area contributed by atoms with Gasteiger partial charge in [0.1, 0.15) is 0 Å². The van der Waals surface area contributed by atoms with E-state index in [1.165, 1.54) is 32.3 Å². The lowest BCUT2D eigenvalue weighted by atomic mass is 9.60. The number of pyridine rings is 1. The van der Waals surface area contributed by atoms with E-state index in [1.54, 1.807) is 16.7 Å². The van der Waals surface area contributed by atoms with Crippen LogP contribution >= 0.6 is 0 Å². The molecule has 35 heavy (non-hydrogen) atoms. The van der Waals surface area contributed by atoms with Crippen LogP contribution in [0.25, 0.3) is 0 Å². The standard InChI is InChI=1S/C24H24N5O6/c1-25-21(31)24(22(32)26(2)23(25)33)10-14-9-15(29(34)35)6-7-17(14)28-12-13-8-16(20(24)28)18-4-3-5-19(30)27(18)11-13/h3-7,9,13,16,20,34H,8,10-12H2,1-2H3/q-1. The van der Waals surface area contributed by atoms with Crippen molar-refractivity contribution in [2.75, 3.05) is 30.8 Å². The fourth-order valence-corrected chi connectivity index (χ4v) is 6.77. The summed E-state index contributed by atoms with van der Waals surface area (Å²) in [6.07, 6.45) is 0.662. The lowest BCUT2D eigenvalue weighted by Crippen LogP contribution is -2.74. The molecule has 3 atom stereocenters. The fourth-order valence-electron chi connectivity index (χ4n) is 6.77. The molecule has 2 aromatic rings. The van der Waals surface area contributed by atoms with Crippen LogP contribution in [0.5, 0.6) is 0 Å². The molecule has 0 radical (unpaired) electrons. The molecule has 2 saturated heterocycles. The minimum Gasteiger partial charge on any atom is -0.733 e. The summed E-state index contributed by atoms with van der Waals surface area (Å²) in [5.41, 5.74) is 0.333. The summed E-state index contributed by atoms with van der Waals surface area (Å²) in [7, 11) is 2.73. The summed E-state index contributed by atoms with van der Waals surface area (Å²) < 4.78 is 1.74. The van der Waals surface area contributed by atoms with Crippen molar-refractivity contribution in [3.63, 3.8) is 0 Å². The molecule has 4 aliphatic heterocycles. The number of fused-ring (bicyclic) bond motifs is 9. The second kappa shape index (κ2) is 7.15. The van der Waals surface area contributed by atoms with Crippen LogP contribution in [0.2, 0.25) is 0 Å². The predicted molar refractivity (Wildman–Crippen MR) is 124 cm³/mol. The molecule has 0 aliphatic carbocycles. The molecule has 11 heteroatoms. The van der Waals surface area contributed by atoms with Gasteiger partial charge in [0, 0.05) is 50.6 Å². The lowest BCUT2D eigenvalue weighted by molar-refractivity contribution is -0.160. The Balaban J connectivity index is 1.62. The van der Waals surface area contributed by atoms with E-state index in [9.17, 15) is 29.6 Å². The van der Waals surface area contributed by atoms with Crippen LogP contribution in [0.1, 0.15) is 23.6 Å². The normalized spacial score (nSPS) is 26.5. The Morgan fingerprint density at radius 3 is 2.43 bits per heavy atom. The maximum atomic E-state index is 13.9. The number of urea groups is 1. The van der Waals surface area contributed by atoms with Crippen LogP contribution in [0, 0.1) is 16.5 Å². The Bertz CT molecular complexity index is 1330. The number of hydrogen-bond acceptors (Lipinski definition) is 8. The van der Waals surface area contributed by atoms with E-state index in [-0.39, 0.29) is 34.7 Å². The maximum absolute atomic E-state index is 13.9. The number of rotatable bonds is 1. The van der Waals surface area contributed by atoms with Crippen LogP contribution < -0.4 is 15.7 Å². The van der Waals surface area contributed by atoms with Gasteiger partial charge < -0.3 is 19.9 Å². The quantitative estimate of drug-likeness (QED) is 0.477. The van der Waals surface area contributed by atoms with Gasteiger partial charge in [-0.1, -0.05) is 6.07 Å². The monoisotopic (exact) mass is 478 g/mol. The molecular weight excluding hydrogens is 454 g/mol. The zero-order valence-electron chi connectivity index (χ0n) is 19.2. The largest absolute Gasteiger partial charge is 0.733 e. The van der Waals surface area contributed by atoms with E-state index >= 15 is 0 Å². The van der Waals surface area contributed by atoms with Crippen molar-refractivity contribution in [1.29, 1.82) is 0 Å². The summed E-state index contributed by atoms with van der Waals surface area (Å²) >= 11 is 0. The Hall–Kier alpha value is -3.70. The van der Waals surface area contributed by atoms with E-state index in [1.807, 2.05) is 11.0 Å². The summed E-state index contributed by atoms with van der Waals surface area (Å²) in [5.74, 6) is -1.41. The Morgan fingerprint density at radius 2 is 1.74 bits per heavy atom. The van der Waals surface area contributed by atoms with Crippen LogP contribution in [0.15, 0.2) is 41.2 Å². The third-order valence-corrected chi connectivity index (χ3v) is 8.18. The fraction of sp³-hybridized carbons (Fsp3) is 0.417. The van der Waals surface area contributed by atoms with Gasteiger partial charge in [0.25, 0.3) is 5.56 Å². The molecule has 6 rings (SSSR count). The maximum Gasteiger partial charge on any atom is 0.332 e. The van der Waals surface area contributed by atoms with Gasteiger partial charge >= 0.3 is 6.03 Å². The number of amides is 4. The molecule has 1 aromatic carbocycles. The molecule has 1 spiro atoms. The SMILES string of the molecule is CN1C(=O)N(C)C(=O)C2(Cc3cc(N([O-])O)ccc3N3CC4CC(c5cccc(=O)n5C4)C32)C1=O. The van der Waals surface area contributed by atoms with E-state index < -0.39 is 29.3 Å². The van der Waals surface area contributed by atoms with Crippen molar-refractivity contribution in [1.82, 2.24) is 14.4 Å². The second-order valence-electron chi connectivity index (χ2n) is 9.95. The predicted octanol–water partition coefficient (Wildman–Crippen LogP) is 1.13. The Labute approximate surface area is 200 Å². The van der Waals surface area contributed by atoms with E-state index in [0.29, 0.717) is 25.1 Å². The number of carbonyl (C=O) groups is 3. The number of barbiturate groups is 1. The van der Waals surface area contributed by atoms with Gasteiger partial charge in [-0.2, -0.15) is 0 Å². The molecule has 2 bridgehead atoms. The highest BCUT2D eigenvalue weighted by Gasteiger charge is 2.66. The van der Waals surface area contributed by atoms with Crippen molar-refractivity contribution >= 4 is 29.2 Å². The first-order chi connectivity index (χ1) is 16.6. The molecule has 4 amide bonds. The van der Waals surface area contributed by atoms with Gasteiger partial charge in [-0.3, -0.25) is 29.4 Å². The van der Waals surface area contributed by atoms with E-state index in [0.717, 1.165) is 21.2 Å². The van der Waals surface area contributed by atoms with Crippen LogP contribution in [-0.4, -0.2) is 64.1 Å². The third-order valence-electron chi connectivity index (χ3n) is 8.18. The number of aromatic nitrogens is 1. The van der Waals surface area contributed by atoms with Crippen molar-refractivity contribution in [3.05, 3.63) is 63.2 Å². The van der Waals surface area contributed by atoms with E-state index in [4.69, 9.17) is 0 Å². The highest BCUT2D eigenvalue weighted by atomic mass is 16.8. The molecule has 1 N–H and O–H groups in total. The molecule has 4 aliphatic rings. The summed E-state index contributed by atoms with van der Waals surface area (Å²) in [5, 5.41) is 20.9. The Morgan fingerprint density at radius 1 is 1.03 bits per heavy atom. The second-order valence-corrected chi connectivity index (χ2v) is 9.95. The van der Waals surface area contributed by atoms with Crippen molar-refractivity contribution in [2.24, 2.45) is 11.3 Å². The van der Waals surface area contributed by atoms with Crippen molar-refractivity contribution < 1.29 is 19.6 Å². The van der Waals surface area contributed by atoms with Crippen LogP contribution in [0.4, 0.5) is 16.2 Å². The topological polar surface area (TPSA) is 129 Å².